The maximum absolute atomic E-state index is 10.7. The van der Waals surface area contributed by atoms with Crippen molar-refractivity contribution >= 4 is 34.3 Å². The number of non-ortho nitro benzene ring substituents is 1. The molecule has 19 heavy (non-hydrogen) atoms. The Bertz CT molecular complexity index is 578. The highest BCUT2D eigenvalue weighted by molar-refractivity contribution is 6.18. The van der Waals surface area contributed by atoms with Crippen LogP contribution in [0.15, 0.2) is 18.2 Å². The molecule has 0 saturated carbocycles. The van der Waals surface area contributed by atoms with Gasteiger partial charge in [0, 0.05) is 31.1 Å². The highest BCUT2D eigenvalue weighted by Crippen LogP contribution is 2.22. The molecule has 0 unspecified atom stereocenters. The van der Waals surface area contributed by atoms with Crippen LogP contribution in [-0.2, 0) is 0 Å². The lowest BCUT2D eigenvalue weighted by Gasteiger charge is -2.19. The van der Waals surface area contributed by atoms with Crippen molar-refractivity contribution in [1.29, 1.82) is 0 Å². The number of hydrogen-bond acceptors (Lipinski definition) is 4. The van der Waals surface area contributed by atoms with Crippen LogP contribution in [0, 0.1) is 10.1 Å². The highest BCUT2D eigenvalue weighted by Gasteiger charge is 2.13. The van der Waals surface area contributed by atoms with Crippen LogP contribution in [0.5, 0.6) is 0 Å². The van der Waals surface area contributed by atoms with E-state index in [1.165, 1.54) is 12.1 Å². The van der Waals surface area contributed by atoms with Crippen LogP contribution in [0.4, 0.5) is 11.6 Å². The van der Waals surface area contributed by atoms with Crippen molar-refractivity contribution in [1.82, 2.24) is 9.97 Å². The van der Waals surface area contributed by atoms with Gasteiger partial charge in [0.05, 0.1) is 16.0 Å². The van der Waals surface area contributed by atoms with Gasteiger partial charge in [-0.15, -0.1) is 11.6 Å². The lowest BCUT2D eigenvalue weighted by atomic mass is 10.3. The summed E-state index contributed by atoms with van der Waals surface area (Å²) >= 11 is 5.77. The molecule has 0 amide bonds. The van der Waals surface area contributed by atoms with Crippen LogP contribution >= 0.6 is 11.6 Å². The molecule has 0 atom stereocenters. The number of anilines is 1. The van der Waals surface area contributed by atoms with Gasteiger partial charge in [-0.25, -0.2) is 4.98 Å². The number of aromatic nitrogens is 2. The van der Waals surface area contributed by atoms with E-state index in [1.54, 1.807) is 6.07 Å². The van der Waals surface area contributed by atoms with Gasteiger partial charge < -0.3 is 9.88 Å². The zero-order chi connectivity index (χ0) is 13.8. The van der Waals surface area contributed by atoms with E-state index in [1.807, 2.05) is 4.90 Å². The van der Waals surface area contributed by atoms with E-state index in [0.717, 1.165) is 18.5 Å². The molecule has 0 fully saturated rings. The molecule has 102 valence electrons. The average molecular weight is 283 g/mol. The van der Waals surface area contributed by atoms with Crippen molar-refractivity contribution in [2.45, 2.75) is 13.3 Å². The third-order valence-corrected chi connectivity index (χ3v) is 2.98. The first-order valence-corrected chi connectivity index (χ1v) is 6.64. The highest BCUT2D eigenvalue weighted by atomic mass is 35.5. The lowest BCUT2D eigenvalue weighted by molar-refractivity contribution is -0.384. The topological polar surface area (TPSA) is 75.1 Å². The predicted octanol–water partition coefficient (Wildman–Crippen LogP) is 2.93. The van der Waals surface area contributed by atoms with Crippen LogP contribution in [0.25, 0.3) is 11.0 Å². The number of nitro benzene ring substituents is 1. The van der Waals surface area contributed by atoms with Crippen molar-refractivity contribution in [2.24, 2.45) is 0 Å². The second-order valence-electron chi connectivity index (χ2n) is 4.20. The van der Waals surface area contributed by atoms with E-state index < -0.39 is 4.92 Å². The lowest BCUT2D eigenvalue weighted by Crippen LogP contribution is -2.27. The van der Waals surface area contributed by atoms with Crippen LogP contribution in [-0.4, -0.2) is 33.9 Å². The molecule has 6 nitrogen and oxygen atoms in total. The van der Waals surface area contributed by atoms with Gasteiger partial charge in [-0.2, -0.15) is 0 Å². The van der Waals surface area contributed by atoms with Gasteiger partial charge in [-0.3, -0.25) is 10.1 Å². The van der Waals surface area contributed by atoms with E-state index in [2.05, 4.69) is 16.9 Å². The minimum atomic E-state index is -0.414. The molecule has 0 bridgehead atoms. The van der Waals surface area contributed by atoms with Crippen LogP contribution in [0.2, 0.25) is 0 Å². The Morgan fingerprint density at radius 3 is 2.89 bits per heavy atom. The molecule has 0 aliphatic carbocycles. The third kappa shape index (κ3) is 2.96. The Balaban J connectivity index is 2.36. The van der Waals surface area contributed by atoms with Crippen LogP contribution in [0.1, 0.15) is 13.3 Å². The molecular formula is C12H15ClN4O2. The van der Waals surface area contributed by atoms with Crippen molar-refractivity contribution < 1.29 is 4.92 Å². The number of benzene rings is 1. The first kappa shape index (κ1) is 13.6. The molecule has 1 aromatic carbocycles. The summed E-state index contributed by atoms with van der Waals surface area (Å²) < 4.78 is 0. The Morgan fingerprint density at radius 2 is 2.26 bits per heavy atom. The summed E-state index contributed by atoms with van der Waals surface area (Å²) in [6.45, 7) is 3.61. The fraction of sp³-hybridized carbons (Fsp3) is 0.417. The molecule has 2 aromatic rings. The number of H-pyrrole nitrogens is 1. The summed E-state index contributed by atoms with van der Waals surface area (Å²) in [6.07, 6.45) is 0.980. The number of imidazole rings is 1. The first-order chi connectivity index (χ1) is 9.15. The minimum absolute atomic E-state index is 0.0575. The molecule has 1 heterocycles. The number of alkyl halides is 1. The smallest absolute Gasteiger partial charge is 0.271 e. The second kappa shape index (κ2) is 5.88. The Morgan fingerprint density at radius 1 is 1.47 bits per heavy atom. The third-order valence-electron chi connectivity index (χ3n) is 2.81. The van der Waals surface area contributed by atoms with Gasteiger partial charge in [-0.05, 0) is 12.5 Å². The van der Waals surface area contributed by atoms with Crippen molar-refractivity contribution in [3.05, 3.63) is 28.3 Å². The van der Waals surface area contributed by atoms with Gasteiger partial charge in [0.25, 0.3) is 5.69 Å². The van der Waals surface area contributed by atoms with Crippen LogP contribution < -0.4 is 4.90 Å². The number of nitrogens with zero attached hydrogens (tertiary/aromatic N) is 3. The summed E-state index contributed by atoms with van der Waals surface area (Å²) in [7, 11) is 0. The van der Waals surface area contributed by atoms with E-state index in [9.17, 15) is 10.1 Å². The molecule has 0 aliphatic rings. The predicted molar refractivity (Wildman–Crippen MR) is 76.0 cm³/mol. The standard InChI is InChI=1S/C12H15ClN4O2/c1-2-6-16(7-5-13)12-14-10-4-3-9(17(18)19)8-11(10)15-12/h3-4,8H,2,5-7H2,1H3,(H,14,15). The fourth-order valence-corrected chi connectivity index (χ4v) is 2.15. The second-order valence-corrected chi connectivity index (χ2v) is 4.57. The Labute approximate surface area is 115 Å². The SMILES string of the molecule is CCCN(CCCl)c1nc2ccc([N+](=O)[O-])cc2[nH]1. The van der Waals surface area contributed by atoms with Gasteiger partial charge in [0.1, 0.15) is 0 Å². The van der Waals surface area contributed by atoms with E-state index in [4.69, 9.17) is 11.6 Å². The summed E-state index contributed by atoms with van der Waals surface area (Å²) in [4.78, 5) is 19.9. The van der Waals surface area contributed by atoms with Crippen molar-refractivity contribution in [3.63, 3.8) is 0 Å². The summed E-state index contributed by atoms with van der Waals surface area (Å²) in [5, 5.41) is 10.7. The van der Waals surface area contributed by atoms with Crippen molar-refractivity contribution in [2.75, 3.05) is 23.9 Å². The quantitative estimate of drug-likeness (QED) is 0.502. The molecule has 1 aromatic heterocycles. The zero-order valence-electron chi connectivity index (χ0n) is 10.6. The van der Waals surface area contributed by atoms with Gasteiger partial charge in [0.2, 0.25) is 5.95 Å². The molecule has 1 N–H and O–H groups in total. The van der Waals surface area contributed by atoms with E-state index in [0.29, 0.717) is 23.9 Å². The van der Waals surface area contributed by atoms with E-state index in [-0.39, 0.29) is 5.69 Å². The largest absolute Gasteiger partial charge is 0.341 e. The molecule has 0 radical (unpaired) electrons. The molecular weight excluding hydrogens is 268 g/mol. The minimum Gasteiger partial charge on any atom is -0.341 e. The molecule has 7 heteroatoms. The molecule has 2 rings (SSSR count). The van der Waals surface area contributed by atoms with Crippen molar-refractivity contribution in [3.8, 4) is 0 Å². The van der Waals surface area contributed by atoms with Gasteiger partial charge in [0.15, 0.2) is 0 Å². The number of rotatable bonds is 6. The maximum atomic E-state index is 10.7. The normalized spacial score (nSPS) is 10.8. The maximum Gasteiger partial charge on any atom is 0.271 e. The van der Waals surface area contributed by atoms with Crippen LogP contribution in [0.3, 0.4) is 0 Å². The number of halogens is 1. The molecule has 0 aliphatic heterocycles. The average Bonchev–Trinajstić information content (AvgIpc) is 2.80. The number of nitro groups is 1. The number of fused-ring (bicyclic) bond motifs is 1. The molecule has 0 saturated heterocycles. The molecule has 0 spiro atoms. The number of aromatic amines is 1. The number of hydrogen-bond donors (Lipinski definition) is 1. The Kier molecular flexibility index (Phi) is 4.21. The summed E-state index contributed by atoms with van der Waals surface area (Å²) in [5.41, 5.74) is 1.44. The monoisotopic (exact) mass is 282 g/mol. The first-order valence-electron chi connectivity index (χ1n) is 6.10. The fourth-order valence-electron chi connectivity index (χ4n) is 1.94. The number of nitrogens with one attached hydrogen (secondary N) is 1. The summed E-state index contributed by atoms with van der Waals surface area (Å²) in [5.74, 6) is 1.22. The summed E-state index contributed by atoms with van der Waals surface area (Å²) in [6, 6.07) is 4.60. The Hall–Kier alpha value is -1.82. The van der Waals surface area contributed by atoms with E-state index >= 15 is 0 Å². The van der Waals surface area contributed by atoms with Gasteiger partial charge in [-0.1, -0.05) is 6.92 Å². The van der Waals surface area contributed by atoms with Gasteiger partial charge >= 0.3 is 0 Å². The zero-order valence-corrected chi connectivity index (χ0v) is 11.4.